The van der Waals surface area contributed by atoms with Crippen molar-refractivity contribution in [2.75, 3.05) is 7.05 Å². The summed E-state index contributed by atoms with van der Waals surface area (Å²) in [6, 6.07) is 5.95. The smallest absolute Gasteiger partial charge is 0.256 e. The van der Waals surface area contributed by atoms with Crippen LogP contribution in [0.4, 0.5) is 0 Å². The number of thiophene rings is 1. The number of carbonyl (C=O) groups is 1. The van der Waals surface area contributed by atoms with Gasteiger partial charge >= 0.3 is 0 Å². The van der Waals surface area contributed by atoms with Gasteiger partial charge in [-0.1, -0.05) is 12.5 Å². The Balaban J connectivity index is 1.74. The summed E-state index contributed by atoms with van der Waals surface area (Å²) in [5, 5.41) is 2.04. The van der Waals surface area contributed by atoms with Crippen LogP contribution in [0.3, 0.4) is 0 Å². The molecule has 0 unspecified atom stereocenters. The highest BCUT2D eigenvalue weighted by Gasteiger charge is 2.22. The lowest BCUT2D eigenvalue weighted by Crippen LogP contribution is -2.26. The number of amides is 1. The van der Waals surface area contributed by atoms with Gasteiger partial charge in [0.2, 0.25) is 0 Å². The maximum atomic E-state index is 13.1. The van der Waals surface area contributed by atoms with Gasteiger partial charge in [-0.25, -0.2) is 9.97 Å². The van der Waals surface area contributed by atoms with Gasteiger partial charge in [-0.15, -0.1) is 11.3 Å². The lowest BCUT2D eigenvalue weighted by molar-refractivity contribution is 0.0788. The zero-order valence-electron chi connectivity index (χ0n) is 14.7. The maximum Gasteiger partial charge on any atom is 0.256 e. The Morgan fingerprint density at radius 2 is 2.20 bits per heavy atom. The van der Waals surface area contributed by atoms with Crippen LogP contribution in [-0.4, -0.2) is 32.4 Å². The summed E-state index contributed by atoms with van der Waals surface area (Å²) in [6.07, 6.45) is 4.50. The lowest BCUT2D eigenvalue weighted by Gasteiger charge is -2.17. The van der Waals surface area contributed by atoms with Gasteiger partial charge in [-0.2, -0.15) is 0 Å². The van der Waals surface area contributed by atoms with Gasteiger partial charge in [-0.3, -0.25) is 4.79 Å². The highest BCUT2D eigenvalue weighted by Crippen LogP contribution is 2.25. The number of fused-ring (bicyclic) bond motifs is 3. The standard InChI is InChI=1S/C19H22N4OS/c1-13-11-15(19(24)22(2)12-14-7-6-10-25-14)17-18(20-13)23-9-5-3-4-8-16(23)21-17/h6-7,10-11H,3-5,8-9,12H2,1-2H3. The maximum absolute atomic E-state index is 13.1. The topological polar surface area (TPSA) is 51.0 Å². The monoisotopic (exact) mass is 354 g/mol. The van der Waals surface area contributed by atoms with Crippen LogP contribution in [0.5, 0.6) is 0 Å². The molecule has 130 valence electrons. The van der Waals surface area contributed by atoms with E-state index in [0.717, 1.165) is 48.5 Å². The summed E-state index contributed by atoms with van der Waals surface area (Å²) in [5.74, 6) is 1.08. The number of rotatable bonds is 3. The first-order valence-corrected chi connectivity index (χ1v) is 9.66. The summed E-state index contributed by atoms with van der Waals surface area (Å²) >= 11 is 1.67. The van der Waals surface area contributed by atoms with E-state index in [-0.39, 0.29) is 5.91 Å². The van der Waals surface area contributed by atoms with Crippen LogP contribution in [-0.2, 0) is 19.5 Å². The van der Waals surface area contributed by atoms with E-state index in [0.29, 0.717) is 12.1 Å². The summed E-state index contributed by atoms with van der Waals surface area (Å²) in [5.41, 5.74) is 3.16. The zero-order chi connectivity index (χ0) is 17.4. The molecule has 0 aromatic carbocycles. The predicted octanol–water partition coefficient (Wildman–Crippen LogP) is 3.80. The summed E-state index contributed by atoms with van der Waals surface area (Å²) in [6.45, 7) is 3.51. The Morgan fingerprint density at radius 3 is 3.00 bits per heavy atom. The van der Waals surface area contributed by atoms with Gasteiger partial charge in [0.1, 0.15) is 11.3 Å². The molecule has 3 aromatic rings. The van der Waals surface area contributed by atoms with Crippen molar-refractivity contribution in [2.45, 2.75) is 45.7 Å². The molecule has 4 rings (SSSR count). The number of pyridine rings is 1. The van der Waals surface area contributed by atoms with E-state index in [1.807, 2.05) is 31.5 Å². The van der Waals surface area contributed by atoms with Crippen LogP contribution < -0.4 is 0 Å². The van der Waals surface area contributed by atoms with Gasteiger partial charge in [0.15, 0.2) is 5.65 Å². The highest BCUT2D eigenvalue weighted by atomic mass is 32.1. The fraction of sp³-hybridized carbons (Fsp3) is 0.421. The summed E-state index contributed by atoms with van der Waals surface area (Å²) in [4.78, 5) is 25.5. The minimum absolute atomic E-state index is 0.0113. The van der Waals surface area contributed by atoms with E-state index >= 15 is 0 Å². The number of nitrogens with zero attached hydrogens (tertiary/aromatic N) is 4. The molecule has 3 aromatic heterocycles. The van der Waals surface area contributed by atoms with Crippen LogP contribution >= 0.6 is 11.3 Å². The minimum atomic E-state index is 0.0113. The molecule has 0 fully saturated rings. The van der Waals surface area contributed by atoms with Crippen molar-refractivity contribution in [1.82, 2.24) is 19.4 Å². The third-order valence-corrected chi connectivity index (χ3v) is 5.60. The van der Waals surface area contributed by atoms with E-state index in [9.17, 15) is 4.79 Å². The van der Waals surface area contributed by atoms with Gasteiger partial charge in [0.25, 0.3) is 5.91 Å². The molecular weight excluding hydrogens is 332 g/mol. The number of hydrogen-bond donors (Lipinski definition) is 0. The molecule has 6 heteroatoms. The lowest BCUT2D eigenvalue weighted by atomic mass is 10.1. The first-order valence-electron chi connectivity index (χ1n) is 8.78. The van der Waals surface area contributed by atoms with E-state index in [4.69, 9.17) is 9.97 Å². The van der Waals surface area contributed by atoms with Crippen LogP contribution in [0.25, 0.3) is 11.2 Å². The Bertz CT molecular complexity index is 913. The Kier molecular flexibility index (Phi) is 4.29. The quantitative estimate of drug-likeness (QED) is 0.719. The van der Waals surface area contributed by atoms with Crippen LogP contribution in [0.2, 0.25) is 0 Å². The number of imidazole rings is 1. The molecule has 0 saturated heterocycles. The minimum Gasteiger partial charge on any atom is -0.336 e. The molecule has 0 N–H and O–H groups in total. The van der Waals surface area contributed by atoms with Gasteiger partial charge in [-0.05, 0) is 37.3 Å². The van der Waals surface area contributed by atoms with Crippen molar-refractivity contribution in [3.05, 3.63) is 45.5 Å². The number of carbonyl (C=O) groups excluding carboxylic acids is 1. The van der Waals surface area contributed by atoms with E-state index in [1.165, 1.54) is 11.3 Å². The second-order valence-corrected chi connectivity index (χ2v) is 7.75. The largest absolute Gasteiger partial charge is 0.336 e. The van der Waals surface area contributed by atoms with Crippen LogP contribution in [0.1, 0.15) is 46.0 Å². The van der Waals surface area contributed by atoms with Crippen molar-refractivity contribution >= 4 is 28.4 Å². The predicted molar refractivity (Wildman–Crippen MR) is 99.9 cm³/mol. The molecule has 1 aliphatic rings. The molecule has 1 amide bonds. The van der Waals surface area contributed by atoms with Crippen molar-refractivity contribution in [2.24, 2.45) is 0 Å². The average Bonchev–Trinajstić information content (AvgIpc) is 3.15. The third-order valence-electron chi connectivity index (χ3n) is 4.74. The van der Waals surface area contributed by atoms with Crippen LogP contribution in [0.15, 0.2) is 23.6 Å². The Labute approximate surface area is 151 Å². The summed E-state index contributed by atoms with van der Waals surface area (Å²) < 4.78 is 2.21. The van der Waals surface area contributed by atoms with Crippen molar-refractivity contribution in [3.63, 3.8) is 0 Å². The molecule has 4 heterocycles. The summed E-state index contributed by atoms with van der Waals surface area (Å²) in [7, 11) is 1.85. The SMILES string of the molecule is Cc1cc(C(=O)N(C)Cc2cccs2)c2nc3n(c2n1)CCCCC3. The molecule has 0 spiro atoms. The van der Waals surface area contributed by atoms with Crippen molar-refractivity contribution in [3.8, 4) is 0 Å². The Hall–Kier alpha value is -2.21. The van der Waals surface area contributed by atoms with Gasteiger partial charge in [0, 0.05) is 30.6 Å². The molecule has 0 atom stereocenters. The normalized spacial score (nSPS) is 14.3. The van der Waals surface area contributed by atoms with E-state index in [1.54, 1.807) is 16.2 Å². The highest BCUT2D eigenvalue weighted by molar-refractivity contribution is 7.09. The second-order valence-electron chi connectivity index (χ2n) is 6.71. The van der Waals surface area contributed by atoms with Gasteiger partial charge in [0.05, 0.1) is 12.1 Å². The molecule has 0 saturated carbocycles. The Morgan fingerprint density at radius 1 is 1.32 bits per heavy atom. The molecule has 0 aliphatic carbocycles. The molecule has 25 heavy (non-hydrogen) atoms. The fourth-order valence-corrected chi connectivity index (χ4v) is 4.25. The first-order chi connectivity index (χ1) is 12.1. The number of hydrogen-bond acceptors (Lipinski definition) is 4. The molecule has 5 nitrogen and oxygen atoms in total. The second kappa shape index (κ2) is 6.59. The third kappa shape index (κ3) is 3.06. The molecule has 1 aliphatic heterocycles. The van der Waals surface area contributed by atoms with E-state index in [2.05, 4.69) is 10.6 Å². The van der Waals surface area contributed by atoms with Crippen molar-refractivity contribution in [1.29, 1.82) is 0 Å². The van der Waals surface area contributed by atoms with Gasteiger partial charge < -0.3 is 9.47 Å². The zero-order valence-corrected chi connectivity index (χ0v) is 15.5. The molecule has 0 bridgehead atoms. The average molecular weight is 354 g/mol. The molecular formula is C19H22N4OS. The number of aryl methyl sites for hydroxylation is 3. The van der Waals surface area contributed by atoms with Crippen LogP contribution in [0, 0.1) is 6.92 Å². The number of aromatic nitrogens is 3. The van der Waals surface area contributed by atoms with Crippen molar-refractivity contribution < 1.29 is 4.79 Å². The first kappa shape index (κ1) is 16.3. The fourth-order valence-electron chi connectivity index (χ4n) is 3.49. The molecule has 0 radical (unpaired) electrons. The van der Waals surface area contributed by atoms with E-state index < -0.39 is 0 Å².